The monoisotopic (exact) mass is 365 g/mol. The number of hydrogen-bond donors (Lipinski definition) is 2. The zero-order valence-corrected chi connectivity index (χ0v) is 15.0. The number of fused-ring (bicyclic) bond motifs is 1. The van der Waals surface area contributed by atoms with Gasteiger partial charge in [-0.25, -0.2) is 4.98 Å². The molecular weight excluding hydrogens is 346 g/mol. The second kappa shape index (κ2) is 6.68. The van der Waals surface area contributed by atoms with Crippen molar-refractivity contribution in [2.75, 3.05) is 19.5 Å². The molecular formula is C20H19N3O4. The summed E-state index contributed by atoms with van der Waals surface area (Å²) in [6.45, 7) is 0. The first kappa shape index (κ1) is 17.0. The minimum absolute atomic E-state index is 0.0933. The second-order valence-corrected chi connectivity index (χ2v) is 6.28. The topological polar surface area (TPSA) is 85.6 Å². The largest absolute Gasteiger partial charge is 0.508 e. The van der Waals surface area contributed by atoms with Crippen molar-refractivity contribution in [3.8, 4) is 22.9 Å². The molecule has 0 bridgehead atoms. The molecule has 1 aromatic heterocycles. The van der Waals surface area contributed by atoms with Crippen LogP contribution in [0, 0.1) is 0 Å². The number of benzene rings is 2. The third-order valence-electron chi connectivity index (χ3n) is 4.71. The first-order chi connectivity index (χ1) is 13.1. The molecule has 3 aromatic rings. The van der Waals surface area contributed by atoms with Crippen LogP contribution in [0.2, 0.25) is 0 Å². The molecule has 138 valence electrons. The molecule has 2 heterocycles. The number of methoxy groups -OCH3 is 2. The minimum atomic E-state index is -0.188. The van der Waals surface area contributed by atoms with Crippen molar-refractivity contribution in [3.05, 3.63) is 60.0 Å². The van der Waals surface area contributed by atoms with Crippen LogP contribution in [0.5, 0.6) is 17.2 Å². The Morgan fingerprint density at radius 2 is 1.93 bits per heavy atom. The Labute approximate surface area is 156 Å². The number of phenols is 1. The van der Waals surface area contributed by atoms with Crippen molar-refractivity contribution >= 4 is 11.7 Å². The lowest BCUT2D eigenvalue weighted by molar-refractivity contribution is -0.116. The van der Waals surface area contributed by atoms with E-state index in [-0.39, 0.29) is 17.6 Å². The van der Waals surface area contributed by atoms with Gasteiger partial charge in [-0.2, -0.15) is 0 Å². The van der Waals surface area contributed by atoms with E-state index >= 15 is 0 Å². The Bertz CT molecular complexity index is 995. The highest BCUT2D eigenvalue weighted by atomic mass is 16.5. The van der Waals surface area contributed by atoms with Gasteiger partial charge in [0.25, 0.3) is 0 Å². The highest BCUT2D eigenvalue weighted by Gasteiger charge is 2.31. The number of hydrogen-bond acceptors (Lipinski definition) is 5. The summed E-state index contributed by atoms with van der Waals surface area (Å²) in [5.41, 5.74) is 2.41. The normalized spacial score (nSPS) is 15.8. The lowest BCUT2D eigenvalue weighted by Crippen LogP contribution is -2.25. The fourth-order valence-corrected chi connectivity index (χ4v) is 3.36. The van der Waals surface area contributed by atoms with Crippen LogP contribution in [0.1, 0.15) is 23.6 Å². The number of aromatic hydroxyl groups is 1. The summed E-state index contributed by atoms with van der Waals surface area (Å²) >= 11 is 0. The molecule has 0 fully saturated rings. The number of phenolic OH excluding ortho intramolecular Hbond substituents is 1. The molecule has 27 heavy (non-hydrogen) atoms. The average Bonchev–Trinajstić information content (AvgIpc) is 3.11. The quantitative estimate of drug-likeness (QED) is 0.742. The average molecular weight is 365 g/mol. The number of imidazole rings is 1. The van der Waals surface area contributed by atoms with Gasteiger partial charge in [-0.05, 0) is 29.8 Å². The van der Waals surface area contributed by atoms with Crippen molar-refractivity contribution < 1.29 is 19.4 Å². The van der Waals surface area contributed by atoms with Gasteiger partial charge in [0, 0.05) is 18.4 Å². The van der Waals surface area contributed by atoms with Gasteiger partial charge >= 0.3 is 0 Å². The van der Waals surface area contributed by atoms with E-state index in [0.717, 1.165) is 16.9 Å². The molecule has 1 aliphatic heterocycles. The van der Waals surface area contributed by atoms with Gasteiger partial charge in [0.1, 0.15) is 29.4 Å². The fraction of sp³-hybridized carbons (Fsp3) is 0.200. The van der Waals surface area contributed by atoms with Crippen LogP contribution in [0.15, 0.2) is 48.8 Å². The number of amides is 1. The maximum absolute atomic E-state index is 12.4. The van der Waals surface area contributed by atoms with Gasteiger partial charge in [-0.3, -0.25) is 9.36 Å². The number of carbonyl (C=O) groups is 1. The maximum atomic E-state index is 12.4. The summed E-state index contributed by atoms with van der Waals surface area (Å²) in [7, 11) is 3.18. The number of carbonyl (C=O) groups excluding carboxylic acids is 1. The van der Waals surface area contributed by atoms with Gasteiger partial charge in [-0.15, -0.1) is 0 Å². The summed E-state index contributed by atoms with van der Waals surface area (Å²) in [5.74, 6) is 1.82. The van der Waals surface area contributed by atoms with Crippen LogP contribution >= 0.6 is 0 Å². The number of nitrogens with zero attached hydrogens (tertiary/aromatic N) is 2. The molecule has 2 aromatic carbocycles. The smallest absolute Gasteiger partial charge is 0.226 e. The number of aromatic nitrogens is 2. The van der Waals surface area contributed by atoms with E-state index in [4.69, 9.17) is 9.47 Å². The van der Waals surface area contributed by atoms with Gasteiger partial charge < -0.3 is 19.9 Å². The first-order valence-corrected chi connectivity index (χ1v) is 8.49. The predicted octanol–water partition coefficient (Wildman–Crippen LogP) is 3.07. The molecule has 7 heteroatoms. The minimum Gasteiger partial charge on any atom is -0.508 e. The molecule has 0 spiro atoms. The van der Waals surface area contributed by atoms with Crippen molar-refractivity contribution in [1.29, 1.82) is 0 Å². The Morgan fingerprint density at radius 3 is 2.63 bits per heavy atom. The summed E-state index contributed by atoms with van der Waals surface area (Å²) in [6, 6.07) is 12.3. The zero-order chi connectivity index (χ0) is 19.0. The molecule has 7 nitrogen and oxygen atoms in total. The first-order valence-electron chi connectivity index (χ1n) is 8.49. The van der Waals surface area contributed by atoms with Crippen LogP contribution in [0.25, 0.3) is 5.69 Å². The van der Waals surface area contributed by atoms with Gasteiger partial charge in [0.2, 0.25) is 5.91 Å². The molecule has 1 amide bonds. The molecule has 0 unspecified atom stereocenters. The van der Waals surface area contributed by atoms with Gasteiger partial charge in [-0.1, -0.05) is 12.1 Å². The van der Waals surface area contributed by atoms with E-state index in [1.54, 1.807) is 37.2 Å². The van der Waals surface area contributed by atoms with Crippen molar-refractivity contribution in [3.63, 3.8) is 0 Å². The maximum Gasteiger partial charge on any atom is 0.226 e. The number of rotatable bonds is 4. The van der Waals surface area contributed by atoms with Crippen LogP contribution < -0.4 is 14.8 Å². The Morgan fingerprint density at radius 1 is 1.15 bits per heavy atom. The molecule has 0 saturated carbocycles. The molecule has 0 saturated heterocycles. The lowest BCUT2D eigenvalue weighted by atomic mass is 9.90. The van der Waals surface area contributed by atoms with E-state index in [9.17, 15) is 9.90 Å². The standard InChI is InChI=1S/C20H19N3O4/c1-26-14-7-8-17(27-2)16(9-14)23-11-21-19-15(10-18(25)22-20(19)23)12-3-5-13(24)6-4-12/h3-9,11,15,24H,10H2,1-2H3,(H,22,25)/t15-/m0/s1. The number of nitrogens with one attached hydrogen (secondary N) is 1. The van der Waals surface area contributed by atoms with E-state index in [2.05, 4.69) is 10.3 Å². The molecule has 2 N–H and O–H groups in total. The zero-order valence-electron chi connectivity index (χ0n) is 15.0. The van der Waals surface area contributed by atoms with Crippen LogP contribution in [0.4, 0.5) is 5.82 Å². The SMILES string of the molecule is COc1ccc(OC)c(-n2cnc3c2NC(=O)C[C@H]3c2ccc(O)cc2)c1. The van der Waals surface area contributed by atoms with Crippen LogP contribution in [-0.2, 0) is 4.79 Å². The second-order valence-electron chi connectivity index (χ2n) is 6.28. The number of anilines is 1. The Balaban J connectivity index is 1.84. The summed E-state index contributed by atoms with van der Waals surface area (Å²) < 4.78 is 12.6. The van der Waals surface area contributed by atoms with E-state index in [1.165, 1.54) is 0 Å². The lowest BCUT2D eigenvalue weighted by Gasteiger charge is -2.24. The van der Waals surface area contributed by atoms with Gasteiger partial charge in [0.15, 0.2) is 0 Å². The van der Waals surface area contributed by atoms with Crippen molar-refractivity contribution in [1.82, 2.24) is 9.55 Å². The predicted molar refractivity (Wildman–Crippen MR) is 99.9 cm³/mol. The van der Waals surface area contributed by atoms with Crippen LogP contribution in [0.3, 0.4) is 0 Å². The molecule has 0 aliphatic carbocycles. The van der Waals surface area contributed by atoms with E-state index in [0.29, 0.717) is 23.7 Å². The van der Waals surface area contributed by atoms with E-state index in [1.807, 2.05) is 30.3 Å². The van der Waals surface area contributed by atoms with Crippen molar-refractivity contribution in [2.45, 2.75) is 12.3 Å². The molecule has 0 radical (unpaired) electrons. The third-order valence-corrected chi connectivity index (χ3v) is 4.71. The fourth-order valence-electron chi connectivity index (χ4n) is 3.36. The molecule has 1 aliphatic rings. The summed E-state index contributed by atoms with van der Waals surface area (Å²) in [5, 5.41) is 12.5. The third kappa shape index (κ3) is 2.97. The van der Waals surface area contributed by atoms with Crippen molar-refractivity contribution in [2.24, 2.45) is 0 Å². The van der Waals surface area contributed by atoms with Crippen LogP contribution in [-0.4, -0.2) is 34.8 Å². The summed E-state index contributed by atoms with van der Waals surface area (Å²) in [4.78, 5) is 16.9. The van der Waals surface area contributed by atoms with Gasteiger partial charge in [0.05, 0.1) is 25.6 Å². The summed E-state index contributed by atoms with van der Waals surface area (Å²) in [6.07, 6.45) is 1.96. The Hall–Kier alpha value is -3.48. The highest BCUT2D eigenvalue weighted by Crippen LogP contribution is 2.39. The van der Waals surface area contributed by atoms with E-state index < -0.39 is 0 Å². The highest BCUT2D eigenvalue weighted by molar-refractivity contribution is 5.94. The Kier molecular flexibility index (Phi) is 4.19. The molecule has 4 rings (SSSR count). The molecule has 1 atom stereocenters. The number of ether oxygens (including phenoxy) is 2.